The van der Waals surface area contributed by atoms with Gasteiger partial charge >= 0.3 is 0 Å². The van der Waals surface area contributed by atoms with Crippen molar-refractivity contribution in [3.8, 4) is 0 Å². The smallest absolute Gasteiger partial charge is 0.229 e. The van der Waals surface area contributed by atoms with Crippen LogP contribution in [0.25, 0.3) is 0 Å². The maximum atomic E-state index is 13.2. The highest BCUT2D eigenvalue weighted by Crippen LogP contribution is 2.23. The Morgan fingerprint density at radius 1 is 1.16 bits per heavy atom. The van der Waals surface area contributed by atoms with E-state index in [4.69, 9.17) is 11.6 Å². The summed E-state index contributed by atoms with van der Waals surface area (Å²) >= 11 is 5.84. The lowest BCUT2D eigenvalue weighted by atomic mass is 10.1. The molecule has 0 aliphatic carbocycles. The third kappa shape index (κ3) is 4.14. The van der Waals surface area contributed by atoms with E-state index in [0.29, 0.717) is 11.6 Å². The number of carbonyl (C=O) groups is 2. The number of hydrogen-bond acceptors (Lipinski definition) is 2. The quantitative estimate of drug-likeness (QED) is 0.901. The molecule has 2 aromatic rings. The molecule has 1 unspecified atom stereocenters. The van der Waals surface area contributed by atoms with E-state index >= 15 is 0 Å². The molecule has 4 nitrogen and oxygen atoms in total. The van der Waals surface area contributed by atoms with Gasteiger partial charge in [0, 0.05) is 36.3 Å². The summed E-state index contributed by atoms with van der Waals surface area (Å²) < 4.78 is 26.1. The van der Waals surface area contributed by atoms with E-state index in [2.05, 4.69) is 5.32 Å². The number of rotatable bonds is 4. The zero-order chi connectivity index (χ0) is 18.0. The first kappa shape index (κ1) is 17.4. The molecule has 0 aromatic heterocycles. The molecule has 0 spiro atoms. The Bertz CT molecular complexity index is 811. The van der Waals surface area contributed by atoms with Crippen molar-refractivity contribution in [2.75, 3.05) is 11.9 Å². The molecule has 1 aliphatic rings. The van der Waals surface area contributed by atoms with E-state index in [1.165, 1.54) is 6.07 Å². The zero-order valence-corrected chi connectivity index (χ0v) is 13.9. The average molecular weight is 365 g/mol. The second kappa shape index (κ2) is 7.19. The Balaban J connectivity index is 1.62. The third-order valence-corrected chi connectivity index (χ3v) is 4.31. The minimum absolute atomic E-state index is 0.0864. The van der Waals surface area contributed by atoms with Gasteiger partial charge in [-0.1, -0.05) is 23.7 Å². The second-order valence-corrected chi connectivity index (χ2v) is 6.36. The summed E-state index contributed by atoms with van der Waals surface area (Å²) in [7, 11) is 0. The number of amides is 2. The average Bonchev–Trinajstić information content (AvgIpc) is 2.94. The molecule has 7 heteroatoms. The Kier molecular flexibility index (Phi) is 4.99. The van der Waals surface area contributed by atoms with Crippen LogP contribution in [0.1, 0.15) is 12.0 Å². The Labute approximate surface area is 148 Å². The molecular formula is C18H15ClF2N2O2. The minimum Gasteiger partial charge on any atom is -0.338 e. The second-order valence-electron chi connectivity index (χ2n) is 5.92. The maximum absolute atomic E-state index is 13.2. The Hall–Kier alpha value is -2.47. The van der Waals surface area contributed by atoms with Gasteiger partial charge in [-0.15, -0.1) is 0 Å². The number of benzene rings is 2. The van der Waals surface area contributed by atoms with Crippen LogP contribution in [0.15, 0.2) is 42.5 Å². The van der Waals surface area contributed by atoms with Crippen molar-refractivity contribution in [1.82, 2.24) is 4.90 Å². The molecule has 1 fully saturated rings. The summed E-state index contributed by atoms with van der Waals surface area (Å²) in [5.74, 6) is -3.07. The number of halogens is 3. The molecule has 1 N–H and O–H groups in total. The van der Waals surface area contributed by atoms with Gasteiger partial charge < -0.3 is 10.2 Å². The number of nitrogens with one attached hydrogen (secondary N) is 1. The molecule has 0 radical (unpaired) electrons. The Morgan fingerprint density at radius 3 is 2.56 bits per heavy atom. The van der Waals surface area contributed by atoms with Crippen LogP contribution >= 0.6 is 11.6 Å². The predicted molar refractivity (Wildman–Crippen MR) is 90.0 cm³/mol. The molecule has 0 saturated carbocycles. The summed E-state index contributed by atoms with van der Waals surface area (Å²) in [5.41, 5.74) is 1.08. The van der Waals surface area contributed by atoms with E-state index < -0.39 is 23.5 Å². The molecule has 2 amide bonds. The molecule has 1 saturated heterocycles. The topological polar surface area (TPSA) is 49.4 Å². The molecule has 3 rings (SSSR count). The van der Waals surface area contributed by atoms with Crippen molar-refractivity contribution in [2.24, 2.45) is 5.92 Å². The molecule has 2 aromatic carbocycles. The van der Waals surface area contributed by atoms with Gasteiger partial charge in [-0.2, -0.15) is 0 Å². The van der Waals surface area contributed by atoms with Gasteiger partial charge in [0.25, 0.3) is 0 Å². The van der Waals surface area contributed by atoms with Crippen LogP contribution in [-0.2, 0) is 16.1 Å². The first-order chi connectivity index (χ1) is 11.9. The van der Waals surface area contributed by atoms with Crippen LogP contribution < -0.4 is 5.32 Å². The molecule has 1 atom stereocenters. The van der Waals surface area contributed by atoms with Gasteiger partial charge in [0.2, 0.25) is 11.8 Å². The van der Waals surface area contributed by atoms with Gasteiger partial charge in [0.05, 0.1) is 5.92 Å². The van der Waals surface area contributed by atoms with E-state index in [1.807, 2.05) is 12.1 Å². The summed E-state index contributed by atoms with van der Waals surface area (Å²) in [6.07, 6.45) is 0.0864. The number of nitrogens with zero attached hydrogens (tertiary/aromatic N) is 1. The molecular weight excluding hydrogens is 350 g/mol. The summed E-state index contributed by atoms with van der Waals surface area (Å²) in [5, 5.41) is 3.13. The van der Waals surface area contributed by atoms with Gasteiger partial charge in [0.15, 0.2) is 11.6 Å². The highest BCUT2D eigenvalue weighted by molar-refractivity contribution is 6.30. The lowest BCUT2D eigenvalue weighted by Crippen LogP contribution is -2.28. The normalized spacial score (nSPS) is 17.0. The largest absolute Gasteiger partial charge is 0.338 e. The highest BCUT2D eigenvalue weighted by atomic mass is 35.5. The highest BCUT2D eigenvalue weighted by Gasteiger charge is 2.34. The first-order valence-electron chi connectivity index (χ1n) is 7.70. The van der Waals surface area contributed by atoms with E-state index in [-0.39, 0.29) is 24.6 Å². The van der Waals surface area contributed by atoms with Crippen LogP contribution in [0.5, 0.6) is 0 Å². The van der Waals surface area contributed by atoms with Gasteiger partial charge in [-0.25, -0.2) is 8.78 Å². The van der Waals surface area contributed by atoms with Gasteiger partial charge in [-0.05, 0) is 29.8 Å². The van der Waals surface area contributed by atoms with Crippen LogP contribution in [0.2, 0.25) is 5.02 Å². The predicted octanol–water partition coefficient (Wildman–Crippen LogP) is 3.61. The molecule has 25 heavy (non-hydrogen) atoms. The third-order valence-electron chi connectivity index (χ3n) is 4.06. The van der Waals surface area contributed by atoms with E-state index in [0.717, 1.165) is 17.7 Å². The maximum Gasteiger partial charge on any atom is 0.229 e. The summed E-state index contributed by atoms with van der Waals surface area (Å²) in [6, 6.07) is 10.3. The SMILES string of the molecule is O=C(Nc1ccc(F)c(F)c1)C1CC(=O)N(Cc2ccc(Cl)cc2)C1. The number of carbonyl (C=O) groups excluding carboxylic acids is 2. The van der Waals surface area contributed by atoms with E-state index in [9.17, 15) is 18.4 Å². The summed E-state index contributed by atoms with van der Waals surface area (Å²) in [4.78, 5) is 26.0. The molecule has 130 valence electrons. The van der Waals surface area contributed by atoms with Crippen molar-refractivity contribution >= 4 is 29.1 Å². The fourth-order valence-corrected chi connectivity index (χ4v) is 2.86. The van der Waals surface area contributed by atoms with Crippen LogP contribution in [0.4, 0.5) is 14.5 Å². The molecule has 0 bridgehead atoms. The standard InChI is InChI=1S/C18H15ClF2N2O2/c19-13-3-1-11(2-4-13)9-23-10-12(7-17(23)24)18(25)22-14-5-6-15(20)16(21)8-14/h1-6,8,12H,7,9-10H2,(H,22,25). The monoisotopic (exact) mass is 364 g/mol. The fraction of sp³-hybridized carbons (Fsp3) is 0.222. The van der Waals surface area contributed by atoms with Crippen LogP contribution in [0.3, 0.4) is 0 Å². The number of likely N-dealkylation sites (tertiary alicyclic amines) is 1. The lowest BCUT2D eigenvalue weighted by Gasteiger charge is -2.17. The van der Waals surface area contributed by atoms with Crippen molar-refractivity contribution < 1.29 is 18.4 Å². The zero-order valence-electron chi connectivity index (χ0n) is 13.1. The van der Waals surface area contributed by atoms with Crippen LogP contribution in [0, 0.1) is 17.6 Å². The minimum atomic E-state index is -1.04. The van der Waals surface area contributed by atoms with Crippen molar-refractivity contribution in [3.63, 3.8) is 0 Å². The van der Waals surface area contributed by atoms with Crippen LogP contribution in [-0.4, -0.2) is 23.3 Å². The fourth-order valence-electron chi connectivity index (χ4n) is 2.73. The van der Waals surface area contributed by atoms with Crippen molar-refractivity contribution in [3.05, 3.63) is 64.7 Å². The molecule has 1 heterocycles. The van der Waals surface area contributed by atoms with E-state index in [1.54, 1.807) is 17.0 Å². The van der Waals surface area contributed by atoms with Crippen molar-refractivity contribution in [1.29, 1.82) is 0 Å². The Morgan fingerprint density at radius 2 is 1.88 bits per heavy atom. The van der Waals surface area contributed by atoms with Gasteiger partial charge in [-0.3, -0.25) is 9.59 Å². The number of anilines is 1. The molecule has 1 aliphatic heterocycles. The lowest BCUT2D eigenvalue weighted by molar-refractivity contribution is -0.128. The first-order valence-corrected chi connectivity index (χ1v) is 8.08. The van der Waals surface area contributed by atoms with Crippen molar-refractivity contribution in [2.45, 2.75) is 13.0 Å². The number of hydrogen-bond donors (Lipinski definition) is 1. The summed E-state index contributed by atoms with van der Waals surface area (Å²) in [6.45, 7) is 0.669. The van der Waals surface area contributed by atoms with Gasteiger partial charge in [0.1, 0.15) is 0 Å².